The van der Waals surface area contributed by atoms with Gasteiger partial charge in [-0.2, -0.15) is 20.7 Å². The second-order valence-electron chi connectivity index (χ2n) is 4.32. The number of carbonyl (C=O) groups is 1. The van der Waals surface area contributed by atoms with Crippen LogP contribution in [0, 0.1) is 0 Å². The van der Waals surface area contributed by atoms with Crippen LogP contribution in [0.3, 0.4) is 0 Å². The summed E-state index contributed by atoms with van der Waals surface area (Å²) in [4.78, 5) is 11.1. The van der Waals surface area contributed by atoms with Crippen molar-refractivity contribution < 1.29 is 9.90 Å². The summed E-state index contributed by atoms with van der Waals surface area (Å²) < 4.78 is 0. The Kier molecular flexibility index (Phi) is 2.11. The zero-order valence-corrected chi connectivity index (χ0v) is 9.58. The summed E-state index contributed by atoms with van der Waals surface area (Å²) in [6, 6.07) is 5.57. The van der Waals surface area contributed by atoms with Gasteiger partial charge in [0.1, 0.15) is 0 Å². The summed E-state index contributed by atoms with van der Waals surface area (Å²) >= 11 is 0. The Balaban J connectivity index is 1.93. The molecule has 2 heterocycles. The van der Waals surface area contributed by atoms with Crippen molar-refractivity contribution in [2.45, 2.75) is 12.5 Å². The maximum atomic E-state index is 11.1. The van der Waals surface area contributed by atoms with Crippen LogP contribution >= 0.6 is 0 Å². The summed E-state index contributed by atoms with van der Waals surface area (Å²) in [5, 5.41) is 22.3. The molecule has 0 spiro atoms. The number of hydrazone groups is 1. The number of hydrogen-bond acceptors (Lipinski definition) is 5. The number of aromatic nitrogens is 2. The van der Waals surface area contributed by atoms with Crippen LogP contribution in [-0.4, -0.2) is 33.0 Å². The van der Waals surface area contributed by atoms with E-state index in [4.69, 9.17) is 5.11 Å². The molecule has 1 aliphatic rings. The normalized spacial score (nSPS) is 22.8. The van der Waals surface area contributed by atoms with Crippen molar-refractivity contribution in [3.05, 3.63) is 24.4 Å². The Bertz CT molecular complexity index is 650. The minimum absolute atomic E-state index is 0.755. The van der Waals surface area contributed by atoms with Gasteiger partial charge >= 0.3 is 5.97 Å². The summed E-state index contributed by atoms with van der Waals surface area (Å²) in [5.74, 6) is -0.974. The van der Waals surface area contributed by atoms with Crippen LogP contribution in [0.4, 0.5) is 5.69 Å². The summed E-state index contributed by atoms with van der Waals surface area (Å²) in [6.45, 7) is 1.55. The highest BCUT2D eigenvalue weighted by Crippen LogP contribution is 2.23. The van der Waals surface area contributed by atoms with Gasteiger partial charge in [0, 0.05) is 5.39 Å². The first kappa shape index (κ1) is 10.7. The SMILES string of the molecule is CC1(C(=O)O)C=NN(c2ccc3[nH]ncc3c2)N1. The van der Waals surface area contributed by atoms with Gasteiger partial charge in [0.15, 0.2) is 5.54 Å². The number of anilines is 1. The average molecular weight is 245 g/mol. The number of hydrazine groups is 1. The van der Waals surface area contributed by atoms with E-state index in [0.29, 0.717) is 0 Å². The van der Waals surface area contributed by atoms with E-state index in [1.54, 1.807) is 13.1 Å². The molecule has 1 aliphatic heterocycles. The molecule has 0 saturated carbocycles. The third-order valence-corrected chi connectivity index (χ3v) is 2.88. The van der Waals surface area contributed by atoms with E-state index < -0.39 is 11.5 Å². The molecule has 1 aromatic heterocycles. The molecule has 7 nitrogen and oxygen atoms in total. The second kappa shape index (κ2) is 3.54. The Morgan fingerprint density at radius 2 is 2.33 bits per heavy atom. The van der Waals surface area contributed by atoms with Gasteiger partial charge in [-0.15, -0.1) is 0 Å². The maximum absolute atomic E-state index is 11.1. The van der Waals surface area contributed by atoms with Gasteiger partial charge in [-0.3, -0.25) is 5.10 Å². The van der Waals surface area contributed by atoms with Crippen LogP contribution in [0.25, 0.3) is 10.9 Å². The molecule has 0 saturated heterocycles. The Morgan fingerprint density at radius 3 is 3.06 bits per heavy atom. The maximum Gasteiger partial charge on any atom is 0.331 e. The number of H-pyrrole nitrogens is 1. The predicted molar refractivity (Wildman–Crippen MR) is 66.2 cm³/mol. The molecule has 1 atom stereocenters. The van der Waals surface area contributed by atoms with Crippen molar-refractivity contribution >= 4 is 28.8 Å². The number of rotatable bonds is 2. The summed E-state index contributed by atoms with van der Waals surface area (Å²) in [7, 11) is 0. The van der Waals surface area contributed by atoms with Gasteiger partial charge in [0.2, 0.25) is 0 Å². The molecule has 0 amide bonds. The number of nitrogens with zero attached hydrogens (tertiary/aromatic N) is 3. The third kappa shape index (κ3) is 1.52. The molecule has 0 radical (unpaired) electrons. The van der Waals surface area contributed by atoms with Crippen LogP contribution in [0.1, 0.15) is 6.92 Å². The van der Waals surface area contributed by atoms with E-state index >= 15 is 0 Å². The minimum Gasteiger partial charge on any atom is -0.480 e. The third-order valence-electron chi connectivity index (χ3n) is 2.88. The van der Waals surface area contributed by atoms with E-state index in [0.717, 1.165) is 16.6 Å². The van der Waals surface area contributed by atoms with Gasteiger partial charge in [-0.1, -0.05) is 0 Å². The van der Waals surface area contributed by atoms with Crippen molar-refractivity contribution in [3.63, 3.8) is 0 Å². The lowest BCUT2D eigenvalue weighted by Crippen LogP contribution is -2.51. The zero-order chi connectivity index (χ0) is 12.8. The number of aromatic amines is 1. The molecule has 0 aliphatic carbocycles. The molecule has 1 aromatic carbocycles. The molecule has 1 unspecified atom stereocenters. The molecule has 3 N–H and O–H groups in total. The van der Waals surface area contributed by atoms with Crippen LogP contribution in [0.2, 0.25) is 0 Å². The monoisotopic (exact) mass is 245 g/mol. The first-order chi connectivity index (χ1) is 8.58. The number of hydrogen-bond donors (Lipinski definition) is 3. The van der Waals surface area contributed by atoms with Gasteiger partial charge in [-0.05, 0) is 25.1 Å². The fraction of sp³-hybridized carbons (Fsp3) is 0.182. The second-order valence-corrected chi connectivity index (χ2v) is 4.32. The summed E-state index contributed by atoms with van der Waals surface area (Å²) in [6.07, 6.45) is 3.07. The van der Waals surface area contributed by atoms with Crippen LogP contribution in [0.15, 0.2) is 29.5 Å². The molecular weight excluding hydrogens is 234 g/mol. The lowest BCUT2D eigenvalue weighted by molar-refractivity contribution is -0.140. The van der Waals surface area contributed by atoms with Crippen molar-refractivity contribution in [1.82, 2.24) is 15.6 Å². The summed E-state index contributed by atoms with van der Waals surface area (Å²) in [5.41, 5.74) is 3.32. The highest BCUT2D eigenvalue weighted by Gasteiger charge is 2.37. The van der Waals surface area contributed by atoms with E-state index in [1.807, 2.05) is 18.2 Å². The number of benzene rings is 1. The van der Waals surface area contributed by atoms with Crippen LogP contribution in [-0.2, 0) is 4.79 Å². The molecule has 92 valence electrons. The number of nitrogens with one attached hydrogen (secondary N) is 2. The van der Waals surface area contributed by atoms with Crippen molar-refractivity contribution in [2.24, 2.45) is 5.10 Å². The first-order valence-corrected chi connectivity index (χ1v) is 5.38. The largest absolute Gasteiger partial charge is 0.480 e. The molecule has 2 aromatic rings. The van der Waals surface area contributed by atoms with Gasteiger partial charge in [0.05, 0.1) is 23.6 Å². The minimum atomic E-state index is -1.18. The van der Waals surface area contributed by atoms with Crippen LogP contribution < -0.4 is 10.5 Å². The highest BCUT2D eigenvalue weighted by atomic mass is 16.4. The number of aliphatic carboxylic acids is 1. The lowest BCUT2D eigenvalue weighted by atomic mass is 10.1. The fourth-order valence-corrected chi connectivity index (χ4v) is 1.75. The van der Waals surface area contributed by atoms with Crippen LogP contribution in [0.5, 0.6) is 0 Å². The molecule has 3 rings (SSSR count). The first-order valence-electron chi connectivity index (χ1n) is 5.38. The Labute approximate surface area is 102 Å². The number of carboxylic acids is 1. The van der Waals surface area contributed by atoms with Gasteiger partial charge < -0.3 is 5.11 Å². The van der Waals surface area contributed by atoms with Crippen molar-refractivity contribution in [2.75, 3.05) is 5.12 Å². The highest BCUT2D eigenvalue weighted by molar-refractivity contribution is 6.00. The molecular formula is C11H11N5O2. The Morgan fingerprint density at radius 1 is 1.50 bits per heavy atom. The van der Waals surface area contributed by atoms with Gasteiger partial charge in [-0.25, -0.2) is 4.79 Å². The van der Waals surface area contributed by atoms with E-state index in [2.05, 4.69) is 20.7 Å². The zero-order valence-electron chi connectivity index (χ0n) is 9.58. The topological polar surface area (TPSA) is 93.6 Å². The molecule has 0 bridgehead atoms. The molecule has 7 heteroatoms. The predicted octanol–water partition coefficient (Wildman–Crippen LogP) is 0.717. The number of carboxylic acid groups (broad SMARTS) is 1. The Hall–Kier alpha value is -2.41. The average Bonchev–Trinajstić information content (AvgIpc) is 2.95. The molecule has 18 heavy (non-hydrogen) atoms. The quantitative estimate of drug-likeness (QED) is 0.724. The van der Waals surface area contributed by atoms with E-state index in [9.17, 15) is 4.79 Å². The standard InChI is InChI=1S/C11H11N5O2/c1-11(10(17)18)6-13-16(15-11)8-2-3-9-7(4-8)5-12-14-9/h2-6,15H,1H3,(H,12,14)(H,17,18). The molecule has 0 fully saturated rings. The fourth-order valence-electron chi connectivity index (χ4n) is 1.75. The van der Waals surface area contributed by atoms with Crippen molar-refractivity contribution in [3.8, 4) is 0 Å². The van der Waals surface area contributed by atoms with E-state index in [-0.39, 0.29) is 0 Å². The number of fused-ring (bicyclic) bond motifs is 1. The van der Waals surface area contributed by atoms with Gasteiger partial charge in [0.25, 0.3) is 0 Å². The lowest BCUT2D eigenvalue weighted by Gasteiger charge is -2.21. The van der Waals surface area contributed by atoms with Crippen molar-refractivity contribution in [1.29, 1.82) is 0 Å². The van der Waals surface area contributed by atoms with E-state index in [1.165, 1.54) is 11.3 Å². The smallest absolute Gasteiger partial charge is 0.331 e.